The van der Waals surface area contributed by atoms with Crippen LogP contribution in [0.4, 0.5) is 4.39 Å². The van der Waals surface area contributed by atoms with E-state index >= 15 is 4.39 Å². The number of aliphatic hydroxyl groups is 1. The zero-order valence-electron chi connectivity index (χ0n) is 24.1. The van der Waals surface area contributed by atoms with Gasteiger partial charge in [-0.1, -0.05) is 37.6 Å². The average molecular weight is 600 g/mol. The largest absolute Gasteiger partial charge is 0.379 e. The van der Waals surface area contributed by atoms with Crippen LogP contribution < -0.4 is 0 Å². The van der Waals surface area contributed by atoms with Gasteiger partial charge >= 0.3 is 0 Å². The molecule has 10 heteroatoms. The van der Waals surface area contributed by atoms with Crippen LogP contribution in [0.25, 0.3) is 0 Å². The fourth-order valence-corrected chi connectivity index (χ4v) is 5.84. The van der Waals surface area contributed by atoms with Crippen LogP contribution in [0.3, 0.4) is 0 Å². The Morgan fingerprint density at radius 1 is 1.19 bits per heavy atom. The summed E-state index contributed by atoms with van der Waals surface area (Å²) in [5.74, 6) is -1.16. The van der Waals surface area contributed by atoms with E-state index in [4.69, 9.17) is 16.3 Å². The van der Waals surface area contributed by atoms with Crippen molar-refractivity contribution in [1.82, 2.24) is 19.4 Å². The predicted molar refractivity (Wildman–Crippen MR) is 157 cm³/mol. The summed E-state index contributed by atoms with van der Waals surface area (Å²) in [4.78, 5) is 24.7. The van der Waals surface area contributed by atoms with Gasteiger partial charge in [0.05, 0.1) is 47.6 Å². The van der Waals surface area contributed by atoms with Gasteiger partial charge < -0.3 is 14.4 Å². The molecule has 220 valence electrons. The number of ether oxygens (including phenoxy) is 1. The molecule has 1 fully saturated rings. The first-order valence-corrected chi connectivity index (χ1v) is 14.5. The number of rotatable bonds is 9. The molecule has 4 aromatic rings. The Balaban J connectivity index is 1.57. The van der Waals surface area contributed by atoms with Crippen molar-refractivity contribution in [1.29, 1.82) is 5.26 Å². The third-order valence-electron chi connectivity index (χ3n) is 8.65. The molecule has 3 heterocycles. The van der Waals surface area contributed by atoms with Crippen molar-refractivity contribution in [3.05, 3.63) is 117 Å². The smallest absolute Gasteiger partial charge is 0.257 e. The van der Waals surface area contributed by atoms with E-state index in [-0.39, 0.29) is 41.7 Å². The van der Waals surface area contributed by atoms with Crippen LogP contribution >= 0.6 is 11.6 Å². The second-order valence-corrected chi connectivity index (χ2v) is 12.2. The number of hydrogen-bond donors (Lipinski definition) is 1. The Hall–Kier alpha value is -4.10. The van der Waals surface area contributed by atoms with Crippen molar-refractivity contribution in [2.24, 2.45) is 12.5 Å². The van der Waals surface area contributed by atoms with Crippen LogP contribution in [-0.4, -0.2) is 37.1 Å². The highest BCUT2D eigenvalue weighted by atomic mass is 35.5. The minimum atomic E-state index is -1.64. The molecule has 1 amide bonds. The molecule has 0 spiro atoms. The van der Waals surface area contributed by atoms with Crippen LogP contribution in [0.5, 0.6) is 0 Å². The molecule has 0 bridgehead atoms. The summed E-state index contributed by atoms with van der Waals surface area (Å²) >= 11 is 6.26. The molecule has 2 atom stereocenters. The number of carbonyl (C=O) groups excluding carboxylic acids is 1. The van der Waals surface area contributed by atoms with Crippen molar-refractivity contribution in [3.8, 4) is 6.07 Å². The summed E-state index contributed by atoms with van der Waals surface area (Å²) < 4.78 is 25.2. The summed E-state index contributed by atoms with van der Waals surface area (Å²) in [7, 11) is 1.78. The maximum atomic E-state index is 16.7. The molecular formula is C33H31ClFN5O3. The van der Waals surface area contributed by atoms with Crippen molar-refractivity contribution >= 4 is 17.5 Å². The number of benzene rings is 2. The Morgan fingerprint density at radius 3 is 2.51 bits per heavy atom. The molecule has 0 radical (unpaired) electrons. The first-order valence-electron chi connectivity index (χ1n) is 14.2. The van der Waals surface area contributed by atoms with Gasteiger partial charge in [0.15, 0.2) is 5.72 Å². The number of hydrogen-bond acceptors (Lipinski definition) is 6. The van der Waals surface area contributed by atoms with Crippen LogP contribution in [-0.2, 0) is 29.7 Å². The number of halogens is 2. The van der Waals surface area contributed by atoms with Gasteiger partial charge in [0.25, 0.3) is 5.91 Å². The molecule has 1 N–H and O–H groups in total. The summed E-state index contributed by atoms with van der Waals surface area (Å²) in [6, 6.07) is 15.0. The molecule has 1 aliphatic heterocycles. The maximum absolute atomic E-state index is 16.7. The van der Waals surface area contributed by atoms with Crippen molar-refractivity contribution in [2.45, 2.75) is 51.0 Å². The molecule has 1 unspecified atom stereocenters. The lowest BCUT2D eigenvalue weighted by Crippen LogP contribution is -2.47. The molecule has 43 heavy (non-hydrogen) atoms. The number of nitriles is 1. The fourth-order valence-electron chi connectivity index (χ4n) is 5.72. The first-order chi connectivity index (χ1) is 20.5. The van der Waals surface area contributed by atoms with Gasteiger partial charge in [-0.2, -0.15) is 5.26 Å². The number of fused-ring (bicyclic) bond motifs is 1. The molecule has 2 aliphatic rings. The van der Waals surface area contributed by atoms with E-state index in [0.29, 0.717) is 27.5 Å². The molecule has 2 aromatic carbocycles. The van der Waals surface area contributed by atoms with E-state index in [9.17, 15) is 15.2 Å². The molecule has 0 saturated heterocycles. The molecule has 1 aliphatic carbocycles. The third-order valence-corrected chi connectivity index (χ3v) is 8.90. The monoisotopic (exact) mass is 599 g/mol. The average Bonchev–Trinajstić information content (AvgIpc) is 3.50. The summed E-state index contributed by atoms with van der Waals surface area (Å²) in [5.41, 5.74) is -1.24. The van der Waals surface area contributed by atoms with Gasteiger partial charge in [0.1, 0.15) is 17.5 Å². The quantitative estimate of drug-likeness (QED) is 0.261. The topological polar surface area (TPSA) is 104 Å². The Morgan fingerprint density at radius 2 is 1.93 bits per heavy atom. The van der Waals surface area contributed by atoms with Gasteiger partial charge in [-0.3, -0.25) is 14.7 Å². The highest BCUT2D eigenvalue weighted by molar-refractivity contribution is 6.30. The summed E-state index contributed by atoms with van der Waals surface area (Å²) in [6.45, 7) is 4.14. The second kappa shape index (κ2) is 10.6. The fraction of sp³-hybridized carbons (Fsp3) is 0.333. The number of amides is 1. The van der Waals surface area contributed by atoms with Gasteiger partial charge in [-0.25, -0.2) is 9.37 Å². The Bertz CT molecular complexity index is 1750. The van der Waals surface area contributed by atoms with Crippen molar-refractivity contribution in [3.63, 3.8) is 0 Å². The van der Waals surface area contributed by atoms with E-state index in [0.717, 1.165) is 12.8 Å². The number of carbonyl (C=O) groups is 1. The number of imidazole rings is 1. The van der Waals surface area contributed by atoms with E-state index in [2.05, 4.69) is 23.0 Å². The van der Waals surface area contributed by atoms with E-state index in [1.54, 1.807) is 73.5 Å². The SMILES string of the molecule is CCC(O)(c1cc(F)c2c(c1)C(=O)N(Cc1ccc(C#N)cn1)[C@@]2(OCC1(C)CC1)c1ccc(Cl)cc1)c1cn(C)cn1. The van der Waals surface area contributed by atoms with Crippen LogP contribution in [0.15, 0.2) is 67.3 Å². The zero-order chi connectivity index (χ0) is 30.6. The van der Waals surface area contributed by atoms with Gasteiger partial charge in [-0.05, 0) is 66.6 Å². The predicted octanol–water partition coefficient (Wildman–Crippen LogP) is 5.80. The van der Waals surface area contributed by atoms with E-state index in [1.807, 2.05) is 0 Å². The summed E-state index contributed by atoms with van der Waals surface area (Å²) in [5, 5.41) is 21.6. The van der Waals surface area contributed by atoms with Gasteiger partial charge in [-0.15, -0.1) is 0 Å². The molecule has 1 saturated carbocycles. The number of nitrogens with zero attached hydrogens (tertiary/aromatic N) is 5. The van der Waals surface area contributed by atoms with Crippen molar-refractivity contribution in [2.75, 3.05) is 6.61 Å². The first kappa shape index (κ1) is 29.0. The number of aryl methyl sites for hydroxylation is 1. The van der Waals surface area contributed by atoms with Crippen molar-refractivity contribution < 1.29 is 19.0 Å². The lowest BCUT2D eigenvalue weighted by atomic mass is 9.84. The lowest BCUT2D eigenvalue weighted by molar-refractivity contribution is -0.125. The number of pyridine rings is 1. The lowest BCUT2D eigenvalue weighted by Gasteiger charge is -2.40. The standard InChI is InChI=1S/C33H31ClFN5O3/c1-4-32(42,28-18-39(3)20-38-28)23-13-26-29(27(35)14-23)33(43-19-31(2)11-12-31,22-6-8-24(34)9-7-22)40(30(26)41)17-25-10-5-21(15-36)16-37-25/h5-10,13-14,16,18,20,42H,4,11-12,17,19H2,1-3H3/t32?,33-/m1/s1. The minimum absolute atomic E-state index is 0.0222. The van der Waals surface area contributed by atoms with Crippen LogP contribution in [0, 0.1) is 22.6 Å². The van der Waals surface area contributed by atoms with E-state index < -0.39 is 23.1 Å². The maximum Gasteiger partial charge on any atom is 0.257 e. The zero-order valence-corrected chi connectivity index (χ0v) is 24.9. The van der Waals surface area contributed by atoms with E-state index in [1.165, 1.54) is 17.2 Å². The van der Waals surface area contributed by atoms with Gasteiger partial charge in [0.2, 0.25) is 0 Å². The number of aromatic nitrogens is 3. The van der Waals surface area contributed by atoms with Crippen LogP contribution in [0.1, 0.15) is 77.1 Å². The molecule has 8 nitrogen and oxygen atoms in total. The minimum Gasteiger partial charge on any atom is -0.379 e. The Labute approximate surface area is 254 Å². The third kappa shape index (κ3) is 4.89. The highest BCUT2D eigenvalue weighted by Gasteiger charge is 2.56. The molecule has 6 rings (SSSR count). The van der Waals surface area contributed by atoms with Crippen LogP contribution in [0.2, 0.25) is 5.02 Å². The second-order valence-electron chi connectivity index (χ2n) is 11.8. The molecular weight excluding hydrogens is 569 g/mol. The Kier molecular flexibility index (Phi) is 7.12. The normalized spacial score (nSPS) is 20.0. The highest BCUT2D eigenvalue weighted by Crippen LogP contribution is 2.52. The molecule has 2 aromatic heterocycles. The summed E-state index contributed by atoms with van der Waals surface area (Å²) in [6.07, 6.45) is 6.79. The van der Waals surface area contributed by atoms with Gasteiger partial charge in [0, 0.05) is 30.0 Å².